The number of carbonyl (C=O) groups excluding carboxylic acids is 2. The van der Waals surface area contributed by atoms with Crippen molar-refractivity contribution in [3.8, 4) is 5.75 Å². The molecule has 1 aromatic carbocycles. The van der Waals surface area contributed by atoms with Crippen molar-refractivity contribution in [1.82, 2.24) is 5.32 Å². The van der Waals surface area contributed by atoms with E-state index in [1.54, 1.807) is 12.1 Å². The van der Waals surface area contributed by atoms with Gasteiger partial charge in [-0.05, 0) is 31.5 Å². The van der Waals surface area contributed by atoms with E-state index in [2.05, 4.69) is 0 Å². The smallest absolute Gasteiger partial charge is 0.318 e. The molecule has 98 valence electrons. The first-order chi connectivity index (χ1) is 8.40. The van der Waals surface area contributed by atoms with Crippen molar-refractivity contribution in [3.63, 3.8) is 0 Å². The van der Waals surface area contributed by atoms with Crippen LogP contribution in [0.1, 0.15) is 25.5 Å². The minimum absolute atomic E-state index is 0.0605. The van der Waals surface area contributed by atoms with Crippen LogP contribution >= 0.6 is 0 Å². The number of nitrogens with one attached hydrogen (secondary N) is 1. The molecule has 2 atom stereocenters. The number of nitrogens with two attached hydrogens (primary N) is 2. The van der Waals surface area contributed by atoms with E-state index in [1.807, 2.05) is 24.4 Å². The molecule has 0 saturated carbocycles. The number of rotatable bonds is 4. The molecule has 1 unspecified atom stereocenters. The van der Waals surface area contributed by atoms with Crippen molar-refractivity contribution in [2.75, 3.05) is 0 Å². The molecule has 0 aliphatic rings. The summed E-state index contributed by atoms with van der Waals surface area (Å²) in [4.78, 5) is 21.9. The molecule has 0 aliphatic heterocycles. The lowest BCUT2D eigenvalue weighted by molar-refractivity contribution is -0.126. The topological polar surface area (TPSA) is 107 Å². The Kier molecular flexibility index (Phi) is 4.67. The first kappa shape index (κ1) is 14.0. The fourth-order valence-corrected chi connectivity index (χ4v) is 1.33. The zero-order chi connectivity index (χ0) is 13.7. The molecule has 5 N–H and O–H groups in total. The van der Waals surface area contributed by atoms with E-state index < -0.39 is 18.0 Å². The van der Waals surface area contributed by atoms with Crippen molar-refractivity contribution in [2.45, 2.75) is 26.0 Å². The van der Waals surface area contributed by atoms with Gasteiger partial charge in [-0.25, -0.2) is 4.79 Å². The fourth-order valence-electron chi connectivity index (χ4n) is 1.33. The monoisotopic (exact) mass is 251 g/mol. The Morgan fingerprint density at radius 1 is 1.22 bits per heavy atom. The van der Waals surface area contributed by atoms with E-state index in [0.29, 0.717) is 5.75 Å². The van der Waals surface area contributed by atoms with Crippen LogP contribution in [0.3, 0.4) is 0 Å². The highest BCUT2D eigenvalue weighted by molar-refractivity contribution is 5.95. The van der Waals surface area contributed by atoms with Crippen molar-refractivity contribution >= 4 is 11.9 Å². The lowest BCUT2D eigenvalue weighted by Crippen LogP contribution is -2.42. The van der Waals surface area contributed by atoms with Crippen molar-refractivity contribution < 1.29 is 14.3 Å². The van der Waals surface area contributed by atoms with E-state index in [0.717, 1.165) is 5.56 Å². The zero-order valence-corrected chi connectivity index (χ0v) is 10.3. The highest BCUT2D eigenvalue weighted by Gasteiger charge is 2.16. The molecular formula is C12H17N3O3. The number of hydrogen-bond donors (Lipinski definition) is 3. The average molecular weight is 251 g/mol. The highest BCUT2D eigenvalue weighted by atomic mass is 16.5. The molecule has 18 heavy (non-hydrogen) atoms. The van der Waals surface area contributed by atoms with Gasteiger partial charge in [0.1, 0.15) is 5.75 Å². The molecular weight excluding hydrogens is 234 g/mol. The molecule has 0 bridgehead atoms. The summed E-state index contributed by atoms with van der Waals surface area (Å²) in [7, 11) is 0. The van der Waals surface area contributed by atoms with Gasteiger partial charge in [0.2, 0.25) is 0 Å². The van der Waals surface area contributed by atoms with Crippen molar-refractivity contribution in [2.24, 2.45) is 11.5 Å². The summed E-state index contributed by atoms with van der Waals surface area (Å²) < 4.78 is 5.35. The van der Waals surface area contributed by atoms with E-state index in [-0.39, 0.29) is 6.04 Å². The second-order valence-corrected chi connectivity index (χ2v) is 3.97. The largest absolute Gasteiger partial charge is 0.481 e. The van der Waals surface area contributed by atoms with E-state index in [9.17, 15) is 9.59 Å². The van der Waals surface area contributed by atoms with Crippen LogP contribution in [0.5, 0.6) is 5.75 Å². The Balaban J connectivity index is 2.61. The minimum Gasteiger partial charge on any atom is -0.481 e. The number of carbonyl (C=O) groups is 2. The average Bonchev–Trinajstić information content (AvgIpc) is 2.28. The van der Waals surface area contributed by atoms with Crippen molar-refractivity contribution in [3.05, 3.63) is 29.8 Å². The number of amides is 3. The number of urea groups is 1. The summed E-state index contributed by atoms with van der Waals surface area (Å²) in [5, 5.41) is 1.95. The second kappa shape index (κ2) is 6.02. The maximum absolute atomic E-state index is 11.4. The Hall–Kier alpha value is -2.08. The molecule has 0 heterocycles. The third-order valence-corrected chi connectivity index (χ3v) is 2.33. The van der Waals surface area contributed by atoms with Gasteiger partial charge < -0.3 is 16.2 Å². The zero-order valence-electron chi connectivity index (χ0n) is 10.3. The lowest BCUT2D eigenvalue weighted by atomic mass is 10.1. The summed E-state index contributed by atoms with van der Waals surface area (Å²) in [5.41, 5.74) is 11.5. The van der Waals surface area contributed by atoms with Gasteiger partial charge in [0.15, 0.2) is 6.10 Å². The molecule has 0 saturated heterocycles. The van der Waals surface area contributed by atoms with Gasteiger partial charge in [0.25, 0.3) is 5.91 Å². The summed E-state index contributed by atoms with van der Waals surface area (Å²) in [5.74, 6) is -0.0645. The summed E-state index contributed by atoms with van der Waals surface area (Å²) in [6.07, 6.45) is -0.807. The van der Waals surface area contributed by atoms with Gasteiger partial charge in [0, 0.05) is 6.04 Å². The van der Waals surface area contributed by atoms with E-state index >= 15 is 0 Å². The Bertz CT molecular complexity index is 429. The third kappa shape index (κ3) is 4.06. The number of benzene rings is 1. The predicted octanol–water partition coefficient (Wildman–Crippen LogP) is 0.669. The molecule has 6 heteroatoms. The molecule has 0 aromatic heterocycles. The molecule has 0 aliphatic carbocycles. The number of ether oxygens (including phenoxy) is 1. The maximum atomic E-state index is 11.4. The van der Waals surface area contributed by atoms with Gasteiger partial charge in [-0.15, -0.1) is 0 Å². The minimum atomic E-state index is -0.900. The molecule has 0 spiro atoms. The molecule has 3 amide bonds. The van der Waals surface area contributed by atoms with Crippen LogP contribution < -0.4 is 21.5 Å². The van der Waals surface area contributed by atoms with Crippen LogP contribution in [0.15, 0.2) is 24.3 Å². The predicted molar refractivity (Wildman–Crippen MR) is 66.9 cm³/mol. The van der Waals surface area contributed by atoms with Gasteiger partial charge in [-0.3, -0.25) is 10.1 Å². The van der Waals surface area contributed by atoms with E-state index in [1.165, 1.54) is 6.92 Å². The summed E-state index contributed by atoms with van der Waals surface area (Å²) in [6.45, 7) is 3.40. The molecule has 0 radical (unpaired) electrons. The first-order valence-electron chi connectivity index (χ1n) is 5.52. The first-order valence-corrected chi connectivity index (χ1v) is 5.52. The molecule has 0 fully saturated rings. The van der Waals surface area contributed by atoms with Gasteiger partial charge in [-0.2, -0.15) is 0 Å². The standard InChI is InChI=1S/C12H17N3O3/c1-7(13)9-3-5-10(6-4-9)18-8(2)11(16)15-12(14)17/h3-8H,13H2,1-2H3,(H3,14,15,16,17)/t7-,8?/m1/s1. The van der Waals surface area contributed by atoms with E-state index in [4.69, 9.17) is 16.2 Å². The van der Waals surface area contributed by atoms with Crippen molar-refractivity contribution in [1.29, 1.82) is 0 Å². The second-order valence-electron chi connectivity index (χ2n) is 3.97. The van der Waals surface area contributed by atoms with Crippen LogP contribution in [0, 0.1) is 0 Å². The number of hydrogen-bond acceptors (Lipinski definition) is 4. The lowest BCUT2D eigenvalue weighted by Gasteiger charge is -2.14. The van der Waals surface area contributed by atoms with Crippen LogP contribution in [0.2, 0.25) is 0 Å². The highest BCUT2D eigenvalue weighted by Crippen LogP contribution is 2.17. The van der Waals surface area contributed by atoms with Crippen LogP contribution in [0.4, 0.5) is 4.79 Å². The van der Waals surface area contributed by atoms with Crippen LogP contribution in [0.25, 0.3) is 0 Å². The summed E-state index contributed by atoms with van der Waals surface area (Å²) >= 11 is 0. The fraction of sp³-hybridized carbons (Fsp3) is 0.333. The Morgan fingerprint density at radius 2 is 1.78 bits per heavy atom. The number of primary amides is 1. The van der Waals surface area contributed by atoms with Crippen LogP contribution in [-0.2, 0) is 4.79 Å². The Morgan fingerprint density at radius 3 is 2.22 bits per heavy atom. The maximum Gasteiger partial charge on any atom is 0.318 e. The molecule has 1 aromatic rings. The van der Waals surface area contributed by atoms with Gasteiger partial charge in [-0.1, -0.05) is 12.1 Å². The molecule has 1 rings (SSSR count). The quantitative estimate of drug-likeness (QED) is 0.730. The van der Waals surface area contributed by atoms with Gasteiger partial charge in [0.05, 0.1) is 0 Å². The van der Waals surface area contributed by atoms with Crippen LogP contribution in [-0.4, -0.2) is 18.0 Å². The SMILES string of the molecule is CC(Oc1ccc([C@@H](C)N)cc1)C(=O)NC(N)=O. The van der Waals surface area contributed by atoms with Gasteiger partial charge >= 0.3 is 6.03 Å². The number of imide groups is 1. The normalized spacial score (nSPS) is 13.5. The summed E-state index contributed by atoms with van der Waals surface area (Å²) in [6, 6.07) is 6.11. The molecule has 6 nitrogen and oxygen atoms in total. The third-order valence-electron chi connectivity index (χ3n) is 2.33. The Labute approximate surface area is 105 Å².